The number of hydrogen-bond donors (Lipinski definition) is 2. The summed E-state index contributed by atoms with van der Waals surface area (Å²) in [5, 5.41) is 7.77. The molecular formula is C23H29N3O3. The van der Waals surface area contributed by atoms with Crippen LogP contribution in [0.25, 0.3) is 0 Å². The molecule has 2 rings (SSSR count). The van der Waals surface area contributed by atoms with Gasteiger partial charge in [0, 0.05) is 19.7 Å². The summed E-state index contributed by atoms with van der Waals surface area (Å²) in [4.78, 5) is 25.9. The van der Waals surface area contributed by atoms with Crippen molar-refractivity contribution in [2.75, 3.05) is 14.1 Å². The highest BCUT2D eigenvalue weighted by molar-refractivity contribution is 5.98. The third-order valence-corrected chi connectivity index (χ3v) is 4.34. The molecule has 0 aromatic heterocycles. The Balaban J connectivity index is 2.17. The molecule has 0 atom stereocenters. The molecule has 0 spiro atoms. The third-order valence-electron chi connectivity index (χ3n) is 4.34. The standard InChI is InChI=1S/C23H29N3O3/c1-23(2,3)14-17-13-16(8-11-19(17)21(24)25)22(28)29-18-9-6-15(7-10-18)12-20(27)26(4)5/h6-11,13H,12,14H2,1-5H3,(H3,24,25). The number of nitrogens with one attached hydrogen (secondary N) is 1. The smallest absolute Gasteiger partial charge is 0.343 e. The fourth-order valence-corrected chi connectivity index (χ4v) is 2.88. The van der Waals surface area contributed by atoms with Crippen molar-refractivity contribution in [1.29, 1.82) is 5.41 Å². The lowest BCUT2D eigenvalue weighted by Crippen LogP contribution is -2.23. The van der Waals surface area contributed by atoms with Gasteiger partial charge in [0.05, 0.1) is 12.0 Å². The number of nitrogens with zero attached hydrogens (tertiary/aromatic N) is 1. The van der Waals surface area contributed by atoms with Crippen LogP contribution in [0.4, 0.5) is 0 Å². The van der Waals surface area contributed by atoms with Crippen LogP contribution in [0.1, 0.15) is 47.8 Å². The van der Waals surface area contributed by atoms with Crippen molar-refractivity contribution in [3.8, 4) is 5.75 Å². The first-order valence-electron chi connectivity index (χ1n) is 9.45. The highest BCUT2D eigenvalue weighted by Crippen LogP contribution is 2.24. The van der Waals surface area contributed by atoms with Crippen LogP contribution in [0.3, 0.4) is 0 Å². The van der Waals surface area contributed by atoms with Crippen molar-refractivity contribution < 1.29 is 14.3 Å². The molecule has 6 heteroatoms. The van der Waals surface area contributed by atoms with Crippen molar-refractivity contribution in [3.05, 3.63) is 64.7 Å². The van der Waals surface area contributed by atoms with Crippen LogP contribution in [0.15, 0.2) is 42.5 Å². The summed E-state index contributed by atoms with van der Waals surface area (Å²) in [6, 6.07) is 12.0. The zero-order chi connectivity index (χ0) is 21.8. The van der Waals surface area contributed by atoms with Crippen LogP contribution >= 0.6 is 0 Å². The van der Waals surface area contributed by atoms with Crippen molar-refractivity contribution in [2.24, 2.45) is 11.1 Å². The maximum atomic E-state index is 12.6. The van der Waals surface area contributed by atoms with Gasteiger partial charge in [-0.15, -0.1) is 0 Å². The predicted molar refractivity (Wildman–Crippen MR) is 114 cm³/mol. The number of carbonyl (C=O) groups excluding carboxylic acids is 2. The SMILES string of the molecule is CN(C)C(=O)Cc1ccc(OC(=O)c2ccc(C(=N)N)c(CC(C)(C)C)c2)cc1. The Morgan fingerprint density at radius 1 is 1.07 bits per heavy atom. The first-order valence-corrected chi connectivity index (χ1v) is 9.45. The number of benzene rings is 2. The molecule has 0 saturated carbocycles. The average molecular weight is 396 g/mol. The molecule has 0 aliphatic rings. The Kier molecular flexibility index (Phi) is 6.80. The lowest BCUT2D eigenvalue weighted by molar-refractivity contribution is -0.127. The maximum absolute atomic E-state index is 12.6. The molecular weight excluding hydrogens is 366 g/mol. The lowest BCUT2D eigenvalue weighted by Gasteiger charge is -2.20. The summed E-state index contributed by atoms with van der Waals surface area (Å²) in [5.41, 5.74) is 8.40. The monoisotopic (exact) mass is 395 g/mol. The molecule has 0 saturated heterocycles. The molecule has 0 heterocycles. The fraction of sp³-hybridized carbons (Fsp3) is 0.348. The Morgan fingerprint density at radius 2 is 1.69 bits per heavy atom. The summed E-state index contributed by atoms with van der Waals surface area (Å²) >= 11 is 0. The number of carbonyl (C=O) groups is 2. The predicted octanol–water partition coefficient (Wildman–Crippen LogP) is 3.41. The second-order valence-corrected chi connectivity index (χ2v) is 8.52. The summed E-state index contributed by atoms with van der Waals surface area (Å²) < 4.78 is 5.47. The number of nitrogen functional groups attached to an aromatic ring is 1. The van der Waals surface area contributed by atoms with Gasteiger partial charge in [-0.3, -0.25) is 10.2 Å². The normalized spacial score (nSPS) is 11.1. The number of likely N-dealkylation sites (N-methyl/N-ethyl adjacent to an activating group) is 1. The number of esters is 1. The van der Waals surface area contributed by atoms with Gasteiger partial charge >= 0.3 is 5.97 Å². The lowest BCUT2D eigenvalue weighted by atomic mass is 9.85. The van der Waals surface area contributed by atoms with E-state index < -0.39 is 5.97 Å². The quantitative estimate of drug-likeness (QED) is 0.339. The van der Waals surface area contributed by atoms with Gasteiger partial charge in [-0.05, 0) is 47.2 Å². The summed E-state index contributed by atoms with van der Waals surface area (Å²) in [5.74, 6) is -0.0878. The number of hydrogen-bond acceptors (Lipinski definition) is 4. The largest absolute Gasteiger partial charge is 0.423 e. The van der Waals surface area contributed by atoms with E-state index in [9.17, 15) is 9.59 Å². The van der Waals surface area contributed by atoms with E-state index in [2.05, 4.69) is 20.8 Å². The summed E-state index contributed by atoms with van der Waals surface area (Å²) in [6.07, 6.45) is 0.974. The van der Waals surface area contributed by atoms with Gasteiger partial charge in [0.1, 0.15) is 11.6 Å². The van der Waals surface area contributed by atoms with Crippen molar-refractivity contribution in [1.82, 2.24) is 4.90 Å². The molecule has 3 N–H and O–H groups in total. The minimum atomic E-state index is -0.479. The maximum Gasteiger partial charge on any atom is 0.343 e. The number of ether oxygens (including phenoxy) is 1. The first-order chi connectivity index (χ1) is 13.5. The zero-order valence-corrected chi connectivity index (χ0v) is 17.7. The second kappa shape index (κ2) is 8.90. The first kappa shape index (κ1) is 22.1. The van der Waals surface area contributed by atoms with Crippen molar-refractivity contribution >= 4 is 17.7 Å². The van der Waals surface area contributed by atoms with Gasteiger partial charge in [0.15, 0.2) is 0 Å². The molecule has 6 nitrogen and oxygen atoms in total. The van der Waals surface area contributed by atoms with Crippen LogP contribution in [0.2, 0.25) is 0 Å². The number of nitrogens with two attached hydrogens (primary N) is 1. The van der Waals surface area contributed by atoms with E-state index in [1.54, 1.807) is 56.6 Å². The van der Waals surface area contributed by atoms with Gasteiger partial charge < -0.3 is 15.4 Å². The van der Waals surface area contributed by atoms with Crippen LogP contribution in [-0.4, -0.2) is 36.7 Å². The Bertz CT molecular complexity index is 910. The second-order valence-electron chi connectivity index (χ2n) is 8.52. The highest BCUT2D eigenvalue weighted by Gasteiger charge is 2.18. The van der Waals surface area contributed by atoms with Crippen LogP contribution < -0.4 is 10.5 Å². The molecule has 0 fully saturated rings. The molecule has 0 radical (unpaired) electrons. The highest BCUT2D eigenvalue weighted by atomic mass is 16.5. The van der Waals surface area contributed by atoms with E-state index in [0.29, 0.717) is 29.7 Å². The number of amides is 1. The van der Waals surface area contributed by atoms with Crippen LogP contribution in [0.5, 0.6) is 5.75 Å². The van der Waals surface area contributed by atoms with Crippen LogP contribution in [-0.2, 0) is 17.6 Å². The van der Waals surface area contributed by atoms with E-state index in [1.165, 1.54) is 4.90 Å². The van der Waals surface area contributed by atoms with E-state index in [1.807, 2.05) is 0 Å². The molecule has 154 valence electrons. The van der Waals surface area contributed by atoms with Crippen molar-refractivity contribution in [3.63, 3.8) is 0 Å². The Hall–Kier alpha value is -3.15. The van der Waals surface area contributed by atoms with E-state index in [4.69, 9.17) is 15.9 Å². The summed E-state index contributed by atoms with van der Waals surface area (Å²) in [6.45, 7) is 6.26. The average Bonchev–Trinajstić information content (AvgIpc) is 2.61. The van der Waals surface area contributed by atoms with Gasteiger partial charge in [0.2, 0.25) is 5.91 Å². The Labute approximate surface area is 172 Å². The van der Waals surface area contributed by atoms with Gasteiger partial charge in [-0.2, -0.15) is 0 Å². The zero-order valence-electron chi connectivity index (χ0n) is 17.7. The van der Waals surface area contributed by atoms with Gasteiger partial charge in [-0.1, -0.05) is 39.0 Å². The fourth-order valence-electron chi connectivity index (χ4n) is 2.88. The molecule has 1 amide bonds. The molecule has 0 bridgehead atoms. The number of amidine groups is 1. The minimum absolute atomic E-state index is 0.00619. The minimum Gasteiger partial charge on any atom is -0.423 e. The third kappa shape index (κ3) is 6.45. The molecule has 2 aromatic rings. The number of rotatable bonds is 6. The molecule has 0 aliphatic heterocycles. The molecule has 2 aromatic carbocycles. The van der Waals surface area contributed by atoms with Crippen LogP contribution in [0, 0.1) is 10.8 Å². The summed E-state index contributed by atoms with van der Waals surface area (Å²) in [7, 11) is 3.42. The topological polar surface area (TPSA) is 96.5 Å². The molecule has 0 unspecified atom stereocenters. The van der Waals surface area contributed by atoms with E-state index in [0.717, 1.165) is 11.1 Å². The van der Waals surface area contributed by atoms with E-state index in [-0.39, 0.29) is 17.2 Å². The van der Waals surface area contributed by atoms with E-state index >= 15 is 0 Å². The molecule has 0 aliphatic carbocycles. The molecule has 29 heavy (non-hydrogen) atoms. The van der Waals surface area contributed by atoms with Crippen molar-refractivity contribution in [2.45, 2.75) is 33.6 Å². The van der Waals surface area contributed by atoms with Gasteiger partial charge in [0.25, 0.3) is 0 Å². The Morgan fingerprint density at radius 3 is 2.21 bits per heavy atom. The van der Waals surface area contributed by atoms with Gasteiger partial charge in [-0.25, -0.2) is 4.79 Å².